The molecule has 1 fully saturated rings. The Balaban J connectivity index is 1.75. The number of hydrogen-bond donors (Lipinski definition) is 1. The van der Waals surface area contributed by atoms with Crippen molar-refractivity contribution in [3.63, 3.8) is 0 Å². The second kappa shape index (κ2) is 6.62. The fourth-order valence-corrected chi connectivity index (χ4v) is 3.30. The molecule has 0 bridgehead atoms. The second-order valence-corrected chi connectivity index (χ2v) is 5.90. The first-order chi connectivity index (χ1) is 11.4. The molecular weight excluding hydrogens is 321 g/mol. The smallest absolute Gasteiger partial charge is 0.351 e. The van der Waals surface area contributed by atoms with Gasteiger partial charge in [-0.15, -0.1) is 5.10 Å². The molecule has 1 saturated carbocycles. The number of benzene rings is 1. The van der Waals surface area contributed by atoms with E-state index in [0.29, 0.717) is 12.8 Å². The molecule has 8 heteroatoms. The monoisotopic (exact) mass is 338 g/mol. The molecule has 1 amide bonds. The van der Waals surface area contributed by atoms with Crippen molar-refractivity contribution < 1.29 is 18.0 Å². The predicted molar refractivity (Wildman–Crippen MR) is 80.0 cm³/mol. The normalized spacial score (nSPS) is 21.0. The Bertz CT molecular complexity index is 700. The van der Waals surface area contributed by atoms with Crippen LogP contribution >= 0.6 is 0 Å². The number of halogens is 3. The number of hydrogen-bond acceptors (Lipinski definition) is 3. The molecule has 1 aliphatic rings. The summed E-state index contributed by atoms with van der Waals surface area (Å²) in [6.07, 6.45) is 0.705. The van der Waals surface area contributed by atoms with Crippen molar-refractivity contribution in [3.05, 3.63) is 47.8 Å². The zero-order chi connectivity index (χ0) is 17.2. The third-order valence-electron chi connectivity index (χ3n) is 4.31. The first-order valence-corrected chi connectivity index (χ1v) is 7.75. The molecule has 0 spiro atoms. The summed E-state index contributed by atoms with van der Waals surface area (Å²) in [5.41, 5.74) is -0.360. The van der Waals surface area contributed by atoms with E-state index in [-0.39, 0.29) is 30.0 Å². The van der Waals surface area contributed by atoms with Gasteiger partial charge in [-0.2, -0.15) is 13.2 Å². The minimum Gasteiger partial charge on any atom is -0.351 e. The summed E-state index contributed by atoms with van der Waals surface area (Å²) in [5, 5.41) is 10.2. The van der Waals surface area contributed by atoms with Gasteiger partial charge >= 0.3 is 6.18 Å². The highest BCUT2D eigenvalue weighted by Crippen LogP contribution is 2.41. The Kier molecular flexibility index (Phi) is 4.55. The van der Waals surface area contributed by atoms with Crippen molar-refractivity contribution in [1.29, 1.82) is 0 Å². The van der Waals surface area contributed by atoms with Gasteiger partial charge in [0.15, 0.2) is 0 Å². The summed E-state index contributed by atoms with van der Waals surface area (Å²) in [6, 6.07) is 5.30. The van der Waals surface area contributed by atoms with Crippen molar-refractivity contribution in [2.75, 3.05) is 0 Å². The van der Waals surface area contributed by atoms with E-state index in [9.17, 15) is 18.0 Å². The third-order valence-corrected chi connectivity index (χ3v) is 4.31. The molecule has 1 aromatic heterocycles. The van der Waals surface area contributed by atoms with Crippen LogP contribution in [0.1, 0.15) is 36.3 Å². The van der Waals surface area contributed by atoms with Gasteiger partial charge in [-0.3, -0.25) is 4.79 Å². The number of carbonyl (C=O) groups is 1. The molecule has 3 rings (SSSR count). The molecule has 0 saturated heterocycles. The molecule has 1 aliphatic carbocycles. The number of alkyl halides is 3. The predicted octanol–water partition coefficient (Wildman–Crippen LogP) is 2.75. The van der Waals surface area contributed by atoms with Crippen LogP contribution in [0.2, 0.25) is 0 Å². The lowest BCUT2D eigenvalue weighted by molar-refractivity contribution is -0.138. The van der Waals surface area contributed by atoms with Crippen molar-refractivity contribution in [2.24, 2.45) is 0 Å². The van der Waals surface area contributed by atoms with E-state index in [4.69, 9.17) is 0 Å². The molecule has 1 heterocycles. The van der Waals surface area contributed by atoms with Crippen LogP contribution in [-0.4, -0.2) is 26.9 Å². The van der Waals surface area contributed by atoms with Crippen molar-refractivity contribution in [1.82, 2.24) is 20.3 Å². The van der Waals surface area contributed by atoms with E-state index < -0.39 is 11.7 Å². The first-order valence-electron chi connectivity index (χ1n) is 7.75. The molecule has 5 nitrogen and oxygen atoms in total. The van der Waals surface area contributed by atoms with Crippen LogP contribution in [-0.2, 0) is 17.5 Å². The number of aromatic nitrogens is 3. The van der Waals surface area contributed by atoms with E-state index in [2.05, 4.69) is 15.6 Å². The Morgan fingerprint density at radius 1 is 1.29 bits per heavy atom. The van der Waals surface area contributed by atoms with Crippen LogP contribution < -0.4 is 5.32 Å². The Morgan fingerprint density at radius 2 is 2.08 bits per heavy atom. The zero-order valence-corrected chi connectivity index (χ0v) is 12.8. The van der Waals surface area contributed by atoms with Gasteiger partial charge in [0.25, 0.3) is 0 Å². The van der Waals surface area contributed by atoms with Crippen LogP contribution in [0.25, 0.3) is 0 Å². The van der Waals surface area contributed by atoms with Crippen LogP contribution in [0.15, 0.2) is 36.7 Å². The summed E-state index contributed by atoms with van der Waals surface area (Å²) >= 11 is 0. The van der Waals surface area contributed by atoms with E-state index in [1.165, 1.54) is 23.0 Å². The Hall–Kier alpha value is -2.38. The molecular formula is C16H17F3N4O. The van der Waals surface area contributed by atoms with Gasteiger partial charge in [0.1, 0.15) is 6.54 Å². The number of amides is 1. The first kappa shape index (κ1) is 16.5. The number of carbonyl (C=O) groups excluding carboxylic acids is 1. The molecule has 1 N–H and O–H groups in total. The fraction of sp³-hybridized carbons (Fsp3) is 0.438. The van der Waals surface area contributed by atoms with Crippen LogP contribution in [0.5, 0.6) is 0 Å². The topological polar surface area (TPSA) is 59.8 Å². The molecule has 2 aromatic rings. The lowest BCUT2D eigenvalue weighted by Crippen LogP contribution is -2.39. The van der Waals surface area contributed by atoms with Crippen LogP contribution in [0.4, 0.5) is 13.2 Å². The Labute approximate surface area is 136 Å². The lowest BCUT2D eigenvalue weighted by Gasteiger charge is -2.24. The van der Waals surface area contributed by atoms with Gasteiger partial charge in [0, 0.05) is 18.2 Å². The summed E-state index contributed by atoms with van der Waals surface area (Å²) in [5.74, 6) is -0.607. The zero-order valence-electron chi connectivity index (χ0n) is 12.8. The van der Waals surface area contributed by atoms with Crippen LogP contribution in [0.3, 0.4) is 0 Å². The summed E-state index contributed by atoms with van der Waals surface area (Å²) < 4.78 is 41.1. The maximum atomic E-state index is 13.2. The number of rotatable bonds is 4. The molecule has 0 aliphatic heterocycles. The Morgan fingerprint density at radius 3 is 2.79 bits per heavy atom. The van der Waals surface area contributed by atoms with Gasteiger partial charge in [0.05, 0.1) is 11.8 Å². The molecule has 128 valence electrons. The summed E-state index contributed by atoms with van der Waals surface area (Å²) in [4.78, 5) is 12.1. The standard InChI is InChI=1S/C16H17F3N4O/c17-16(18,19)13-6-2-1-4-11(13)12-5-3-7-14(12)21-15(24)10-23-9-8-20-22-23/h1-2,4,6,8-9,12,14H,3,5,7,10H2,(H,21,24)/t12-,14-/m0/s1. The lowest BCUT2D eigenvalue weighted by atomic mass is 9.89. The quantitative estimate of drug-likeness (QED) is 0.932. The number of nitrogens with one attached hydrogen (secondary N) is 1. The van der Waals surface area contributed by atoms with Gasteiger partial charge in [-0.25, -0.2) is 4.68 Å². The van der Waals surface area contributed by atoms with Gasteiger partial charge < -0.3 is 5.32 Å². The maximum absolute atomic E-state index is 13.2. The fourth-order valence-electron chi connectivity index (χ4n) is 3.30. The third kappa shape index (κ3) is 3.58. The SMILES string of the molecule is O=C(Cn1ccnn1)N[C@H]1CCC[C@H]1c1ccccc1C(F)(F)F. The van der Waals surface area contributed by atoms with E-state index in [1.807, 2.05) is 0 Å². The van der Waals surface area contributed by atoms with E-state index in [1.54, 1.807) is 12.3 Å². The summed E-state index contributed by atoms with van der Waals surface area (Å²) in [7, 11) is 0. The minimum atomic E-state index is -4.39. The highest BCUT2D eigenvalue weighted by Gasteiger charge is 2.38. The number of nitrogens with zero attached hydrogens (tertiary/aromatic N) is 3. The van der Waals surface area contributed by atoms with Gasteiger partial charge in [-0.05, 0) is 24.5 Å². The largest absolute Gasteiger partial charge is 0.416 e. The van der Waals surface area contributed by atoms with Crippen LogP contribution in [0, 0.1) is 0 Å². The van der Waals surface area contributed by atoms with Gasteiger partial charge in [-0.1, -0.05) is 29.8 Å². The van der Waals surface area contributed by atoms with E-state index >= 15 is 0 Å². The van der Waals surface area contributed by atoms with Crippen molar-refractivity contribution in [2.45, 2.75) is 43.9 Å². The summed E-state index contributed by atoms with van der Waals surface area (Å²) in [6.45, 7) is 0.00410. The average Bonchev–Trinajstić information content (AvgIpc) is 3.18. The average molecular weight is 338 g/mol. The molecule has 0 unspecified atom stereocenters. The minimum absolute atomic E-state index is 0.00410. The molecule has 0 radical (unpaired) electrons. The van der Waals surface area contributed by atoms with Gasteiger partial charge in [0.2, 0.25) is 5.91 Å². The molecule has 24 heavy (non-hydrogen) atoms. The maximum Gasteiger partial charge on any atom is 0.416 e. The highest BCUT2D eigenvalue weighted by molar-refractivity contribution is 5.76. The van der Waals surface area contributed by atoms with E-state index in [0.717, 1.165) is 12.5 Å². The van der Waals surface area contributed by atoms with Crippen molar-refractivity contribution >= 4 is 5.91 Å². The van der Waals surface area contributed by atoms with Crippen molar-refractivity contribution in [3.8, 4) is 0 Å². The second-order valence-electron chi connectivity index (χ2n) is 5.90. The molecule has 2 atom stereocenters. The molecule has 1 aromatic carbocycles. The highest BCUT2D eigenvalue weighted by atomic mass is 19.4.